The van der Waals surface area contributed by atoms with Crippen LogP contribution in [-0.2, 0) is 31.6 Å². The molecule has 7 N–H and O–H groups in total. The van der Waals surface area contributed by atoms with Gasteiger partial charge in [-0.3, -0.25) is 9.09 Å². The Balaban J connectivity index is 2.31. The van der Waals surface area contributed by atoms with Crippen molar-refractivity contribution in [2.75, 3.05) is 13.3 Å². The average Bonchev–Trinajstić information content (AvgIpc) is 2.82. The zero-order valence-corrected chi connectivity index (χ0v) is 19.7. The van der Waals surface area contributed by atoms with Gasteiger partial charge in [0.25, 0.3) is 5.85 Å². The molecule has 0 amide bonds. The number of phosphoric acid groups is 3. The van der Waals surface area contributed by atoms with E-state index in [1.54, 1.807) is 0 Å². The third-order valence-corrected chi connectivity index (χ3v) is 8.24. The summed E-state index contributed by atoms with van der Waals surface area (Å²) < 4.78 is 91.2. The molecule has 2 heterocycles. The number of alkyl halides is 2. The number of ether oxygens (including phenoxy) is 1. The molecular weight excluding hydrogens is 570 g/mol. The van der Waals surface area contributed by atoms with Gasteiger partial charge in [0, 0.05) is 6.20 Å². The van der Waals surface area contributed by atoms with Crippen molar-refractivity contribution in [2.24, 2.45) is 0 Å². The molecule has 0 aliphatic carbocycles. The number of rotatable bonds is 9. The van der Waals surface area contributed by atoms with E-state index in [1.807, 2.05) is 0 Å². The predicted octanol–water partition coefficient (Wildman–Crippen LogP) is 1.01. The lowest BCUT2D eigenvalue weighted by Crippen LogP contribution is -2.52. The highest BCUT2D eigenvalue weighted by Crippen LogP contribution is 2.66. The minimum absolute atomic E-state index is 0.440. The second kappa shape index (κ2) is 9.57. The van der Waals surface area contributed by atoms with Crippen molar-refractivity contribution < 1.29 is 74.5 Å². The number of hydrogen-bond donors (Lipinski definition) is 7. The molecule has 0 spiro atoms. The van der Waals surface area contributed by atoms with E-state index in [0.717, 1.165) is 0 Å². The van der Waals surface area contributed by atoms with Crippen molar-refractivity contribution in [2.45, 2.75) is 23.8 Å². The number of aliphatic hydroxyl groups is 2. The van der Waals surface area contributed by atoms with Crippen molar-refractivity contribution in [3.8, 4) is 0 Å². The maximum absolute atomic E-state index is 15.2. The van der Waals surface area contributed by atoms with Crippen LogP contribution in [0, 0.1) is 15.2 Å². The molecule has 1 aromatic rings. The van der Waals surface area contributed by atoms with Crippen molar-refractivity contribution in [3.05, 3.63) is 21.4 Å². The molecule has 15 nitrogen and oxygen atoms in total. The first-order chi connectivity index (χ1) is 14.8. The van der Waals surface area contributed by atoms with E-state index in [0.29, 0.717) is 10.8 Å². The molecule has 0 aromatic carbocycles. The van der Waals surface area contributed by atoms with E-state index < -0.39 is 75.8 Å². The summed E-state index contributed by atoms with van der Waals surface area (Å²) in [5.74, 6) is -4.93. The Morgan fingerprint density at radius 3 is 2.27 bits per heavy atom. The first-order valence-corrected chi connectivity index (χ1v) is 13.2. The maximum Gasteiger partial charge on any atom is 0.490 e. The van der Waals surface area contributed by atoms with Crippen LogP contribution < -0.4 is 0 Å². The summed E-state index contributed by atoms with van der Waals surface area (Å²) in [6, 6.07) is 0. The molecule has 1 saturated heterocycles. The third kappa shape index (κ3) is 6.63. The summed E-state index contributed by atoms with van der Waals surface area (Å²) in [6.07, 6.45) is -4.73. The molecular formula is C10H14F3N2O13P3S2. The minimum Gasteiger partial charge on any atom is -0.384 e. The second-order valence-electron chi connectivity index (χ2n) is 6.29. The van der Waals surface area contributed by atoms with Crippen LogP contribution in [-0.4, -0.2) is 70.2 Å². The van der Waals surface area contributed by atoms with Crippen molar-refractivity contribution in [1.29, 1.82) is 0 Å². The molecule has 1 aliphatic rings. The van der Waals surface area contributed by atoms with Gasteiger partial charge < -0.3 is 39.5 Å². The Bertz CT molecular complexity index is 1180. The van der Waals surface area contributed by atoms with E-state index in [-0.39, 0.29) is 0 Å². The van der Waals surface area contributed by atoms with E-state index in [4.69, 9.17) is 31.6 Å². The highest BCUT2D eigenvalue weighted by Gasteiger charge is 2.66. The standard InChI is InChI=1S/C10H14F3N2O13P3S2/c11-2-9(17)6(16)10(13,26-7(9)15-1-4(12)5(32)14-8(15)33)3-25-30(21,22)28-31(23,24)27-29(18,19)20/h1,6-7,16-17H,2-3H2,(H,21,22)(H,23,24)(H,14,32,33)(H2,18,19,20)/t6-,7-,9?,10-/m1/s1. The van der Waals surface area contributed by atoms with Crippen LogP contribution in [0.3, 0.4) is 0 Å². The Morgan fingerprint density at radius 2 is 1.76 bits per heavy atom. The van der Waals surface area contributed by atoms with Crippen LogP contribution in [0.1, 0.15) is 6.23 Å². The number of nitrogens with one attached hydrogen (secondary N) is 1. The van der Waals surface area contributed by atoms with Crippen LogP contribution in [0.4, 0.5) is 13.2 Å². The zero-order chi connectivity index (χ0) is 25.6. The number of hydrogen-bond acceptors (Lipinski definition) is 11. The van der Waals surface area contributed by atoms with Crippen molar-refractivity contribution in [3.63, 3.8) is 0 Å². The van der Waals surface area contributed by atoms with E-state index in [2.05, 4.69) is 30.3 Å². The largest absolute Gasteiger partial charge is 0.490 e. The number of aromatic nitrogens is 2. The van der Waals surface area contributed by atoms with Crippen LogP contribution in [0.25, 0.3) is 0 Å². The lowest BCUT2D eigenvalue weighted by atomic mass is 9.94. The second-order valence-corrected chi connectivity index (χ2v) is 11.5. The normalized spacial score (nSPS) is 31.8. The molecule has 33 heavy (non-hydrogen) atoms. The van der Waals surface area contributed by atoms with Gasteiger partial charge in [-0.05, 0) is 12.2 Å². The lowest BCUT2D eigenvalue weighted by Gasteiger charge is -2.29. The number of aliphatic hydroxyl groups excluding tert-OH is 1. The lowest BCUT2D eigenvalue weighted by molar-refractivity contribution is -0.204. The fourth-order valence-corrected chi connectivity index (χ4v) is 6.02. The van der Waals surface area contributed by atoms with Crippen molar-refractivity contribution >= 4 is 47.9 Å². The van der Waals surface area contributed by atoms with Gasteiger partial charge in [-0.15, -0.1) is 0 Å². The number of aromatic amines is 1. The number of phosphoric ester groups is 1. The fourth-order valence-electron chi connectivity index (χ4n) is 2.52. The van der Waals surface area contributed by atoms with Gasteiger partial charge in [0.1, 0.15) is 17.9 Å². The molecule has 0 saturated carbocycles. The first kappa shape index (κ1) is 28.8. The molecule has 1 aliphatic heterocycles. The maximum atomic E-state index is 15.2. The monoisotopic (exact) mass is 584 g/mol. The number of nitrogens with zero attached hydrogens (tertiary/aromatic N) is 1. The van der Waals surface area contributed by atoms with E-state index in [1.165, 1.54) is 0 Å². The summed E-state index contributed by atoms with van der Waals surface area (Å²) >= 11 is 9.39. The quantitative estimate of drug-likeness (QED) is 0.159. The minimum atomic E-state index is -5.95. The molecule has 0 bridgehead atoms. The molecule has 0 radical (unpaired) electrons. The highest BCUT2D eigenvalue weighted by atomic mass is 32.1. The molecule has 23 heteroatoms. The molecule has 1 aromatic heterocycles. The van der Waals surface area contributed by atoms with Gasteiger partial charge in [0.05, 0.1) is 0 Å². The Kier molecular flexibility index (Phi) is 8.36. The Labute approximate surface area is 190 Å². The Morgan fingerprint density at radius 1 is 1.18 bits per heavy atom. The number of H-pyrrole nitrogens is 1. The summed E-state index contributed by atoms with van der Waals surface area (Å²) in [5, 5.41) is 20.5. The average molecular weight is 584 g/mol. The van der Waals surface area contributed by atoms with Gasteiger partial charge in [-0.1, -0.05) is 12.2 Å². The Hall–Kier alpha value is -0.400. The SMILES string of the molecule is O=P(O)(O)OP(=O)(O)OP(=O)(O)OC[C@@]1(F)O[C@@H](n2cc(F)c(=S)[nH]c2=S)C(O)(CF)[C@H]1O. The van der Waals surface area contributed by atoms with Gasteiger partial charge in [0.2, 0.25) is 0 Å². The van der Waals surface area contributed by atoms with Gasteiger partial charge in [-0.2, -0.15) is 8.62 Å². The van der Waals surface area contributed by atoms with Crippen LogP contribution >= 0.6 is 47.9 Å². The summed E-state index contributed by atoms with van der Waals surface area (Å²) in [7, 11) is -17.5. The fraction of sp³-hybridized carbons (Fsp3) is 0.600. The molecule has 2 rings (SSSR count). The van der Waals surface area contributed by atoms with Crippen LogP contribution in [0.15, 0.2) is 6.20 Å². The molecule has 1 fully saturated rings. The molecule has 3 unspecified atom stereocenters. The van der Waals surface area contributed by atoms with Crippen LogP contribution in [0.5, 0.6) is 0 Å². The van der Waals surface area contributed by atoms with Gasteiger partial charge >= 0.3 is 23.5 Å². The van der Waals surface area contributed by atoms with Crippen molar-refractivity contribution in [1.82, 2.24) is 9.55 Å². The van der Waals surface area contributed by atoms with E-state index >= 15 is 4.39 Å². The topological polar surface area (TPSA) is 230 Å². The zero-order valence-electron chi connectivity index (χ0n) is 15.4. The van der Waals surface area contributed by atoms with Gasteiger partial charge in [-0.25, -0.2) is 26.9 Å². The summed E-state index contributed by atoms with van der Waals surface area (Å²) in [4.78, 5) is 37.5. The number of halogens is 3. The van der Waals surface area contributed by atoms with Gasteiger partial charge in [0.15, 0.2) is 28.5 Å². The molecule has 6 atom stereocenters. The molecule has 190 valence electrons. The smallest absolute Gasteiger partial charge is 0.384 e. The first-order valence-electron chi connectivity index (χ1n) is 7.88. The predicted molar refractivity (Wildman–Crippen MR) is 101 cm³/mol. The third-order valence-electron chi connectivity index (χ3n) is 3.85. The highest BCUT2D eigenvalue weighted by molar-refractivity contribution is 7.72. The van der Waals surface area contributed by atoms with E-state index in [9.17, 15) is 37.6 Å². The summed E-state index contributed by atoms with van der Waals surface area (Å²) in [6.45, 7) is -3.84. The van der Waals surface area contributed by atoms with Crippen LogP contribution in [0.2, 0.25) is 0 Å². The summed E-state index contributed by atoms with van der Waals surface area (Å²) in [5.41, 5.74) is -3.18.